The van der Waals surface area contributed by atoms with Crippen LogP contribution in [-0.2, 0) is 23.7 Å². The number of carbonyl (C=O) groups excluding carboxylic acids is 1. The van der Waals surface area contributed by atoms with Crippen molar-refractivity contribution in [2.45, 2.75) is 126 Å². The van der Waals surface area contributed by atoms with Crippen molar-refractivity contribution in [3.8, 4) is 0 Å². The molecule has 14 atom stereocenters. The van der Waals surface area contributed by atoms with Crippen molar-refractivity contribution >= 4 is 5.97 Å². The summed E-state index contributed by atoms with van der Waals surface area (Å²) in [6.07, 6.45) is 0.177. The van der Waals surface area contributed by atoms with Crippen LogP contribution < -0.4 is 0 Å². The number of esters is 1. The van der Waals surface area contributed by atoms with Gasteiger partial charge in [0.2, 0.25) is 0 Å². The van der Waals surface area contributed by atoms with E-state index in [1.807, 2.05) is 0 Å². The second-order valence-electron chi connectivity index (χ2n) is 14.0. The molecule has 40 heavy (non-hydrogen) atoms. The van der Waals surface area contributed by atoms with Gasteiger partial charge in [0.05, 0.1) is 29.5 Å². The van der Waals surface area contributed by atoms with E-state index in [9.17, 15) is 30.3 Å². The zero-order valence-corrected chi connectivity index (χ0v) is 24.0. The third-order valence-electron chi connectivity index (χ3n) is 12.4. The molecular formula is C30H46O10. The third kappa shape index (κ3) is 3.93. The van der Waals surface area contributed by atoms with E-state index in [0.717, 1.165) is 12.0 Å². The molecule has 0 aromatic heterocycles. The molecule has 6 rings (SSSR count). The molecule has 0 amide bonds. The highest BCUT2D eigenvalue weighted by molar-refractivity contribution is 5.85. The molecule has 0 unspecified atom stereocenters. The molecule has 5 fully saturated rings. The molecule has 2 aliphatic heterocycles. The minimum Gasteiger partial charge on any atom is -0.458 e. The summed E-state index contributed by atoms with van der Waals surface area (Å²) in [5.41, 5.74) is -2.46. The number of carbonyl (C=O) groups is 1. The summed E-state index contributed by atoms with van der Waals surface area (Å²) in [5.74, 6) is -0.840. The number of cyclic esters (lactones) is 1. The SMILES string of the molecule is CO[C@H]1[C@@H](O)[C@@H](C)O[C@@H](O[C@H]2CC[C@]3(C)[C@H]4[C@H](O)C[C@]5(C)[C@@H](C6=CC(=O)OC6)CC[C@]5(O)[C@@H]4CC[C@]3(O)C2)[C@@H]1O. The van der Waals surface area contributed by atoms with Crippen LogP contribution in [0.4, 0.5) is 0 Å². The Morgan fingerprint density at radius 2 is 1.73 bits per heavy atom. The molecule has 226 valence electrons. The van der Waals surface area contributed by atoms with Crippen LogP contribution >= 0.6 is 0 Å². The van der Waals surface area contributed by atoms with Gasteiger partial charge in [0.25, 0.3) is 0 Å². The average molecular weight is 567 g/mol. The number of aliphatic hydroxyl groups is 5. The van der Waals surface area contributed by atoms with E-state index in [1.165, 1.54) is 7.11 Å². The van der Waals surface area contributed by atoms with Gasteiger partial charge in [-0.1, -0.05) is 13.8 Å². The van der Waals surface area contributed by atoms with Gasteiger partial charge in [0.1, 0.15) is 24.9 Å². The summed E-state index contributed by atoms with van der Waals surface area (Å²) in [6.45, 7) is 6.07. The first kappa shape index (κ1) is 29.0. The lowest BCUT2D eigenvalue weighted by Crippen LogP contribution is -2.71. The smallest absolute Gasteiger partial charge is 0.331 e. The van der Waals surface area contributed by atoms with Crippen molar-refractivity contribution in [1.29, 1.82) is 0 Å². The van der Waals surface area contributed by atoms with Crippen LogP contribution in [0.15, 0.2) is 11.6 Å². The normalized spacial score (nSPS) is 56.1. The molecule has 6 aliphatic rings. The van der Waals surface area contributed by atoms with Gasteiger partial charge in [-0.15, -0.1) is 0 Å². The molecule has 0 aromatic rings. The van der Waals surface area contributed by atoms with Crippen molar-refractivity contribution in [1.82, 2.24) is 0 Å². The Kier molecular flexibility index (Phi) is 7.03. The Morgan fingerprint density at radius 1 is 0.975 bits per heavy atom. The molecule has 4 aliphatic carbocycles. The fourth-order valence-electron chi connectivity index (χ4n) is 10.2. The minimum absolute atomic E-state index is 0.0314. The highest BCUT2D eigenvalue weighted by atomic mass is 16.7. The number of fused-ring (bicyclic) bond motifs is 5. The van der Waals surface area contributed by atoms with E-state index in [4.69, 9.17) is 18.9 Å². The van der Waals surface area contributed by atoms with Crippen LogP contribution in [-0.4, -0.2) is 99.3 Å². The number of rotatable bonds is 4. The van der Waals surface area contributed by atoms with Crippen LogP contribution in [0.5, 0.6) is 0 Å². The van der Waals surface area contributed by atoms with Gasteiger partial charge in [-0.2, -0.15) is 0 Å². The number of hydrogen-bond acceptors (Lipinski definition) is 10. The number of hydrogen-bond donors (Lipinski definition) is 5. The second kappa shape index (κ2) is 9.71. The summed E-state index contributed by atoms with van der Waals surface area (Å²) in [6, 6.07) is 0. The minimum atomic E-state index is -1.17. The first-order valence-corrected chi connectivity index (χ1v) is 15.0. The fourth-order valence-corrected chi connectivity index (χ4v) is 10.2. The summed E-state index contributed by atoms with van der Waals surface area (Å²) >= 11 is 0. The molecule has 2 heterocycles. The Morgan fingerprint density at radius 3 is 2.40 bits per heavy atom. The number of methoxy groups -OCH3 is 1. The van der Waals surface area contributed by atoms with Gasteiger partial charge >= 0.3 is 5.97 Å². The molecule has 5 N–H and O–H groups in total. The van der Waals surface area contributed by atoms with Gasteiger partial charge in [-0.05, 0) is 75.2 Å². The molecule has 0 spiro atoms. The Labute approximate surface area is 235 Å². The summed E-state index contributed by atoms with van der Waals surface area (Å²) in [5, 5.41) is 57.5. The van der Waals surface area contributed by atoms with E-state index in [0.29, 0.717) is 44.9 Å². The maximum absolute atomic E-state index is 12.4. The zero-order chi connectivity index (χ0) is 28.8. The van der Waals surface area contributed by atoms with Crippen LogP contribution in [0.25, 0.3) is 0 Å². The lowest BCUT2D eigenvalue weighted by atomic mass is 9.41. The van der Waals surface area contributed by atoms with Crippen LogP contribution in [0, 0.1) is 28.6 Å². The van der Waals surface area contributed by atoms with E-state index in [1.54, 1.807) is 13.0 Å². The van der Waals surface area contributed by atoms with Gasteiger partial charge in [-0.3, -0.25) is 0 Å². The quantitative estimate of drug-likeness (QED) is 0.248. The molecule has 10 heteroatoms. The van der Waals surface area contributed by atoms with E-state index < -0.39 is 58.8 Å². The Hall–Kier alpha value is -1.11. The van der Waals surface area contributed by atoms with E-state index in [2.05, 4.69) is 13.8 Å². The number of aliphatic hydroxyl groups excluding tert-OH is 3. The molecule has 0 radical (unpaired) electrons. The highest BCUT2D eigenvalue weighted by Gasteiger charge is 2.72. The summed E-state index contributed by atoms with van der Waals surface area (Å²) in [7, 11) is 1.43. The Bertz CT molecular complexity index is 1050. The zero-order valence-electron chi connectivity index (χ0n) is 24.0. The predicted molar refractivity (Wildman–Crippen MR) is 141 cm³/mol. The van der Waals surface area contributed by atoms with Crippen molar-refractivity contribution in [3.63, 3.8) is 0 Å². The van der Waals surface area contributed by atoms with E-state index in [-0.39, 0.29) is 36.4 Å². The molecule has 0 aromatic carbocycles. The molecule has 0 bridgehead atoms. The average Bonchev–Trinajstić information content (AvgIpc) is 3.43. The molecule has 10 nitrogen and oxygen atoms in total. The number of ether oxygens (including phenoxy) is 4. The monoisotopic (exact) mass is 566 g/mol. The fraction of sp³-hybridized carbons (Fsp3) is 0.900. The van der Waals surface area contributed by atoms with Gasteiger partial charge in [0, 0.05) is 30.4 Å². The maximum atomic E-state index is 12.4. The second-order valence-corrected chi connectivity index (χ2v) is 14.0. The van der Waals surface area contributed by atoms with Crippen LogP contribution in [0.2, 0.25) is 0 Å². The van der Waals surface area contributed by atoms with Crippen molar-refractivity contribution in [3.05, 3.63) is 11.6 Å². The topological polar surface area (TPSA) is 155 Å². The van der Waals surface area contributed by atoms with Gasteiger partial charge in [-0.25, -0.2) is 4.79 Å². The third-order valence-corrected chi connectivity index (χ3v) is 12.4. The summed E-state index contributed by atoms with van der Waals surface area (Å²) < 4.78 is 22.5. The summed E-state index contributed by atoms with van der Waals surface area (Å²) in [4.78, 5) is 11.8. The molecule has 4 saturated carbocycles. The van der Waals surface area contributed by atoms with Crippen LogP contribution in [0.3, 0.4) is 0 Å². The van der Waals surface area contributed by atoms with Crippen molar-refractivity contribution < 1.29 is 49.3 Å². The standard InChI is InChI=1S/C30H46O10/c1-15-23(33)25(37-4)24(34)26(39-15)40-17-5-8-27(2)22-19(6-9-29(27,35)12-17)30(36)10-7-18(16-11-21(32)38-14-16)28(30,3)13-20(22)31/h11,15,17-20,22-26,31,33-36H,5-10,12-14H2,1-4H3/t15-,17+,18-,19-,20-,22-,23+,24-,25+,26+,27-,28-,29+,30+/m1/s1. The largest absolute Gasteiger partial charge is 0.458 e. The maximum Gasteiger partial charge on any atom is 0.331 e. The highest BCUT2D eigenvalue weighted by Crippen LogP contribution is 2.70. The first-order valence-electron chi connectivity index (χ1n) is 15.0. The predicted octanol–water partition coefficient (Wildman–Crippen LogP) is 1.20. The van der Waals surface area contributed by atoms with E-state index >= 15 is 0 Å². The van der Waals surface area contributed by atoms with Gasteiger partial charge in [0.15, 0.2) is 6.29 Å². The van der Waals surface area contributed by atoms with Crippen LogP contribution in [0.1, 0.15) is 72.1 Å². The van der Waals surface area contributed by atoms with Crippen molar-refractivity contribution in [2.24, 2.45) is 28.6 Å². The molecule has 1 saturated heterocycles. The first-order chi connectivity index (χ1) is 18.8. The molecular weight excluding hydrogens is 520 g/mol. The van der Waals surface area contributed by atoms with Crippen molar-refractivity contribution in [2.75, 3.05) is 13.7 Å². The lowest BCUT2D eigenvalue weighted by molar-refractivity contribution is -0.325. The Balaban J connectivity index is 1.22. The van der Waals surface area contributed by atoms with Gasteiger partial charge < -0.3 is 44.5 Å². The lowest BCUT2D eigenvalue weighted by Gasteiger charge is -2.67.